The Morgan fingerprint density at radius 1 is 1.44 bits per heavy atom. The zero-order chi connectivity index (χ0) is 11.5. The maximum absolute atomic E-state index is 6.21. The van der Waals surface area contributed by atoms with Gasteiger partial charge in [-0.05, 0) is 62.1 Å². The first-order valence-corrected chi connectivity index (χ1v) is 7.35. The fourth-order valence-corrected chi connectivity index (χ4v) is 3.22. The minimum Gasteiger partial charge on any atom is -0.0888 e. The topological polar surface area (TPSA) is 0 Å². The molecule has 2 rings (SSSR count). The lowest BCUT2D eigenvalue weighted by atomic mass is 10.0. The van der Waals surface area contributed by atoms with E-state index in [0.29, 0.717) is 0 Å². The zero-order valence-corrected chi connectivity index (χ0v) is 12.0. The van der Waals surface area contributed by atoms with Gasteiger partial charge in [0, 0.05) is 9.85 Å². The molecule has 2 heteroatoms. The van der Waals surface area contributed by atoms with E-state index in [-0.39, 0.29) is 0 Å². The standard InChI is InChI=1S/C14H18BrCl/c1-10-5-6-12(14(16)9-10)3-2-4-13(15)11-7-8-11/h5-6,9,11,13H,2-4,7-8H2,1H3. The highest BCUT2D eigenvalue weighted by Gasteiger charge is 2.28. The van der Waals surface area contributed by atoms with Crippen LogP contribution >= 0.6 is 27.5 Å². The van der Waals surface area contributed by atoms with E-state index in [1.54, 1.807) is 0 Å². The van der Waals surface area contributed by atoms with Gasteiger partial charge in [0.2, 0.25) is 0 Å². The summed E-state index contributed by atoms with van der Waals surface area (Å²) < 4.78 is 0. The van der Waals surface area contributed by atoms with E-state index >= 15 is 0 Å². The summed E-state index contributed by atoms with van der Waals surface area (Å²) >= 11 is 9.98. The predicted molar refractivity (Wildman–Crippen MR) is 74.6 cm³/mol. The molecule has 1 fully saturated rings. The third kappa shape index (κ3) is 3.49. The molecule has 0 radical (unpaired) electrons. The van der Waals surface area contributed by atoms with E-state index in [9.17, 15) is 0 Å². The van der Waals surface area contributed by atoms with Crippen molar-refractivity contribution in [3.8, 4) is 0 Å². The van der Waals surface area contributed by atoms with Crippen LogP contribution in [0.2, 0.25) is 5.02 Å². The maximum Gasteiger partial charge on any atom is 0.0440 e. The average molecular weight is 302 g/mol. The monoisotopic (exact) mass is 300 g/mol. The quantitative estimate of drug-likeness (QED) is 0.660. The van der Waals surface area contributed by atoms with Crippen LogP contribution in [0.3, 0.4) is 0 Å². The van der Waals surface area contributed by atoms with E-state index in [1.165, 1.54) is 36.8 Å². The molecule has 16 heavy (non-hydrogen) atoms. The van der Waals surface area contributed by atoms with Crippen LogP contribution in [-0.4, -0.2) is 4.83 Å². The summed E-state index contributed by atoms with van der Waals surface area (Å²) in [4.78, 5) is 0.733. The zero-order valence-electron chi connectivity index (χ0n) is 9.68. The molecule has 1 saturated carbocycles. The Morgan fingerprint density at radius 3 is 2.81 bits per heavy atom. The predicted octanol–water partition coefficient (Wildman–Crippen LogP) is 5.14. The number of hydrogen-bond acceptors (Lipinski definition) is 0. The second-order valence-electron chi connectivity index (χ2n) is 4.84. The van der Waals surface area contributed by atoms with Crippen LogP contribution in [0.25, 0.3) is 0 Å². The SMILES string of the molecule is Cc1ccc(CCCC(Br)C2CC2)c(Cl)c1. The van der Waals surface area contributed by atoms with E-state index in [1.807, 2.05) is 0 Å². The molecule has 1 atom stereocenters. The largest absolute Gasteiger partial charge is 0.0888 e. The van der Waals surface area contributed by atoms with Gasteiger partial charge in [-0.15, -0.1) is 0 Å². The lowest BCUT2D eigenvalue weighted by Crippen LogP contribution is -2.01. The Labute approximate surface area is 112 Å². The minimum atomic E-state index is 0.733. The molecule has 1 aliphatic rings. The van der Waals surface area contributed by atoms with Crippen LogP contribution in [0, 0.1) is 12.8 Å². The van der Waals surface area contributed by atoms with Crippen molar-refractivity contribution in [2.24, 2.45) is 5.92 Å². The highest BCUT2D eigenvalue weighted by Crippen LogP contribution is 2.38. The molecule has 1 aromatic carbocycles. The van der Waals surface area contributed by atoms with Crippen molar-refractivity contribution in [1.29, 1.82) is 0 Å². The number of benzene rings is 1. The first kappa shape index (κ1) is 12.4. The van der Waals surface area contributed by atoms with Gasteiger partial charge in [-0.3, -0.25) is 0 Å². The minimum absolute atomic E-state index is 0.733. The van der Waals surface area contributed by atoms with E-state index in [0.717, 1.165) is 22.2 Å². The molecule has 0 amide bonds. The summed E-state index contributed by atoms with van der Waals surface area (Å²) in [5, 5.41) is 0.928. The van der Waals surface area contributed by atoms with Gasteiger partial charge in [0.05, 0.1) is 0 Å². The smallest absolute Gasteiger partial charge is 0.0440 e. The van der Waals surface area contributed by atoms with Gasteiger partial charge in [0.25, 0.3) is 0 Å². The lowest BCUT2D eigenvalue weighted by molar-refractivity contribution is 0.654. The van der Waals surface area contributed by atoms with Crippen molar-refractivity contribution >= 4 is 27.5 Å². The summed E-state index contributed by atoms with van der Waals surface area (Å²) in [6.45, 7) is 2.08. The van der Waals surface area contributed by atoms with Gasteiger partial charge in [0.1, 0.15) is 0 Å². The van der Waals surface area contributed by atoms with Crippen LogP contribution in [-0.2, 0) is 6.42 Å². The first-order valence-electron chi connectivity index (χ1n) is 6.06. The van der Waals surface area contributed by atoms with E-state index in [4.69, 9.17) is 11.6 Å². The molecule has 0 heterocycles. The summed E-state index contributed by atoms with van der Waals surface area (Å²) in [7, 11) is 0. The van der Waals surface area contributed by atoms with Crippen molar-refractivity contribution in [3.05, 3.63) is 34.3 Å². The summed E-state index contributed by atoms with van der Waals surface area (Å²) in [6.07, 6.45) is 6.44. The van der Waals surface area contributed by atoms with Crippen LogP contribution in [0.1, 0.15) is 36.8 Å². The fraction of sp³-hybridized carbons (Fsp3) is 0.571. The number of alkyl halides is 1. The van der Waals surface area contributed by atoms with Gasteiger partial charge in [-0.2, -0.15) is 0 Å². The Balaban J connectivity index is 1.80. The number of halogens is 2. The van der Waals surface area contributed by atoms with Gasteiger partial charge < -0.3 is 0 Å². The van der Waals surface area contributed by atoms with Crippen molar-refractivity contribution < 1.29 is 0 Å². The van der Waals surface area contributed by atoms with Crippen LogP contribution in [0.5, 0.6) is 0 Å². The average Bonchev–Trinajstić information content (AvgIpc) is 3.04. The van der Waals surface area contributed by atoms with Gasteiger partial charge >= 0.3 is 0 Å². The molecule has 0 aromatic heterocycles. The Kier molecular flexibility index (Phi) is 4.32. The second-order valence-corrected chi connectivity index (χ2v) is 6.42. The number of aryl methyl sites for hydroxylation is 2. The third-order valence-corrected chi connectivity index (χ3v) is 4.83. The van der Waals surface area contributed by atoms with Gasteiger partial charge in [-0.25, -0.2) is 0 Å². The Hall–Kier alpha value is -0.0100. The molecule has 1 aromatic rings. The third-order valence-electron chi connectivity index (χ3n) is 3.27. The Bertz CT molecular complexity index is 358. The molecule has 0 spiro atoms. The first-order chi connectivity index (χ1) is 7.66. The van der Waals surface area contributed by atoms with Crippen molar-refractivity contribution in [2.75, 3.05) is 0 Å². The molecular weight excluding hydrogens is 284 g/mol. The second kappa shape index (κ2) is 5.55. The molecule has 0 nitrogen and oxygen atoms in total. The summed E-state index contributed by atoms with van der Waals surface area (Å²) in [6, 6.07) is 6.37. The summed E-state index contributed by atoms with van der Waals surface area (Å²) in [5.74, 6) is 0.952. The molecule has 0 N–H and O–H groups in total. The van der Waals surface area contributed by atoms with Crippen LogP contribution in [0.15, 0.2) is 18.2 Å². The summed E-state index contributed by atoms with van der Waals surface area (Å²) in [5.41, 5.74) is 2.54. The van der Waals surface area contributed by atoms with Crippen molar-refractivity contribution in [2.45, 2.75) is 43.9 Å². The maximum atomic E-state index is 6.21. The van der Waals surface area contributed by atoms with Crippen LogP contribution < -0.4 is 0 Å². The van der Waals surface area contributed by atoms with Crippen molar-refractivity contribution in [3.63, 3.8) is 0 Å². The highest BCUT2D eigenvalue weighted by molar-refractivity contribution is 9.09. The highest BCUT2D eigenvalue weighted by atomic mass is 79.9. The normalized spacial score (nSPS) is 17.4. The Morgan fingerprint density at radius 2 is 2.19 bits per heavy atom. The van der Waals surface area contributed by atoms with Gasteiger partial charge in [0.15, 0.2) is 0 Å². The molecule has 1 aliphatic carbocycles. The van der Waals surface area contributed by atoms with Crippen LogP contribution in [0.4, 0.5) is 0 Å². The van der Waals surface area contributed by atoms with Gasteiger partial charge in [-0.1, -0.05) is 39.7 Å². The fourth-order valence-electron chi connectivity index (χ4n) is 2.04. The molecule has 88 valence electrons. The molecule has 0 bridgehead atoms. The van der Waals surface area contributed by atoms with Crippen molar-refractivity contribution in [1.82, 2.24) is 0 Å². The number of rotatable bonds is 5. The molecule has 0 saturated heterocycles. The molecule has 0 aliphatic heterocycles. The lowest BCUT2D eigenvalue weighted by Gasteiger charge is -2.09. The number of hydrogen-bond donors (Lipinski definition) is 0. The molecule has 1 unspecified atom stereocenters. The van der Waals surface area contributed by atoms with E-state index in [2.05, 4.69) is 41.1 Å². The molecular formula is C14H18BrCl. The van der Waals surface area contributed by atoms with E-state index < -0.39 is 0 Å².